The molecular weight excluding hydrogens is 293 g/mol. The molecule has 1 fully saturated rings. The molecule has 2 rings (SSSR count). The number of carboxylic acids is 1. The predicted molar refractivity (Wildman–Crippen MR) is 68.1 cm³/mol. The summed E-state index contributed by atoms with van der Waals surface area (Å²) < 4.78 is 1.02. The Hall–Kier alpha value is -0.580. The minimum Gasteiger partial charge on any atom is -0.481 e. The van der Waals surface area contributed by atoms with Crippen molar-refractivity contribution in [1.29, 1.82) is 0 Å². The molecule has 0 spiro atoms. The first-order valence-electron chi connectivity index (χ1n) is 4.87. The second-order valence-electron chi connectivity index (χ2n) is 3.76. The fourth-order valence-electron chi connectivity index (χ4n) is 2.00. The molecule has 0 bridgehead atoms. The molecule has 1 aromatic rings. The van der Waals surface area contributed by atoms with Gasteiger partial charge in [-0.25, -0.2) is 0 Å². The summed E-state index contributed by atoms with van der Waals surface area (Å²) >= 11 is 3.37. The quantitative estimate of drug-likeness (QED) is 0.881. The lowest BCUT2D eigenvalue weighted by molar-refractivity contribution is -0.141. The van der Waals surface area contributed by atoms with Gasteiger partial charge >= 0.3 is 5.97 Å². The Morgan fingerprint density at radius 2 is 1.94 bits per heavy atom. The van der Waals surface area contributed by atoms with Gasteiger partial charge in [0, 0.05) is 23.5 Å². The normalized spacial score (nSPS) is 23.8. The van der Waals surface area contributed by atoms with E-state index in [4.69, 9.17) is 5.11 Å². The molecule has 0 aliphatic carbocycles. The fourth-order valence-corrected chi connectivity index (χ4v) is 2.26. The molecule has 2 atom stereocenters. The van der Waals surface area contributed by atoms with Crippen LogP contribution in [0.15, 0.2) is 28.7 Å². The SMILES string of the molecule is Cl.O=C(O)[C@@H]1CNC[C@H]1c1ccc(Br)cc1. The average Bonchev–Trinajstić information content (AvgIpc) is 2.67. The summed E-state index contributed by atoms with van der Waals surface area (Å²) in [6.45, 7) is 1.31. The summed E-state index contributed by atoms with van der Waals surface area (Å²) in [7, 11) is 0. The standard InChI is InChI=1S/C11H12BrNO2.ClH/c12-8-3-1-7(2-4-8)9-5-13-6-10(9)11(14)15;/h1-4,9-10,13H,5-6H2,(H,14,15);1H/t9-,10+;/m0./s1. The van der Waals surface area contributed by atoms with Crippen molar-refractivity contribution in [3.8, 4) is 0 Å². The van der Waals surface area contributed by atoms with Crippen LogP contribution >= 0.6 is 28.3 Å². The molecule has 1 aliphatic heterocycles. The topological polar surface area (TPSA) is 49.3 Å². The van der Waals surface area contributed by atoms with Gasteiger partial charge in [-0.05, 0) is 17.7 Å². The molecule has 2 N–H and O–H groups in total. The number of carbonyl (C=O) groups is 1. The second-order valence-corrected chi connectivity index (χ2v) is 4.68. The number of rotatable bonds is 2. The van der Waals surface area contributed by atoms with Crippen molar-refractivity contribution in [2.24, 2.45) is 5.92 Å². The third-order valence-corrected chi connectivity index (χ3v) is 3.36. The van der Waals surface area contributed by atoms with Crippen molar-refractivity contribution >= 4 is 34.3 Å². The van der Waals surface area contributed by atoms with E-state index in [-0.39, 0.29) is 24.2 Å². The fraction of sp³-hybridized carbons (Fsp3) is 0.364. The zero-order chi connectivity index (χ0) is 10.8. The van der Waals surface area contributed by atoms with Crippen molar-refractivity contribution < 1.29 is 9.90 Å². The van der Waals surface area contributed by atoms with Crippen molar-refractivity contribution in [2.75, 3.05) is 13.1 Å². The Morgan fingerprint density at radius 3 is 2.50 bits per heavy atom. The summed E-state index contributed by atoms with van der Waals surface area (Å²) in [5.41, 5.74) is 1.09. The number of nitrogens with one attached hydrogen (secondary N) is 1. The Bertz CT molecular complexity index is 369. The van der Waals surface area contributed by atoms with Gasteiger partial charge in [0.1, 0.15) is 0 Å². The molecule has 88 valence electrons. The van der Waals surface area contributed by atoms with Gasteiger partial charge in [0.15, 0.2) is 0 Å². The van der Waals surface area contributed by atoms with Gasteiger partial charge in [0.25, 0.3) is 0 Å². The molecule has 0 unspecified atom stereocenters. The number of aliphatic carboxylic acids is 1. The third kappa shape index (κ3) is 2.75. The van der Waals surface area contributed by atoms with Crippen LogP contribution in [0.4, 0.5) is 0 Å². The van der Waals surface area contributed by atoms with Crippen LogP contribution in [0.1, 0.15) is 11.5 Å². The van der Waals surface area contributed by atoms with E-state index in [1.165, 1.54) is 0 Å². The zero-order valence-electron chi connectivity index (χ0n) is 8.52. The minimum atomic E-state index is -0.715. The van der Waals surface area contributed by atoms with E-state index in [9.17, 15) is 4.79 Å². The smallest absolute Gasteiger partial charge is 0.308 e. The van der Waals surface area contributed by atoms with Gasteiger partial charge in [0.2, 0.25) is 0 Å². The van der Waals surface area contributed by atoms with Gasteiger partial charge in [0.05, 0.1) is 5.92 Å². The van der Waals surface area contributed by atoms with E-state index < -0.39 is 5.97 Å². The molecule has 3 nitrogen and oxygen atoms in total. The number of benzene rings is 1. The summed E-state index contributed by atoms with van der Waals surface area (Å²) in [5, 5.41) is 12.2. The number of hydrogen-bond donors (Lipinski definition) is 2. The summed E-state index contributed by atoms with van der Waals surface area (Å²) in [6, 6.07) is 7.87. The second kappa shape index (κ2) is 5.66. The molecule has 1 aromatic carbocycles. The summed E-state index contributed by atoms with van der Waals surface area (Å²) in [5.74, 6) is -0.922. The Kier molecular flexibility index (Phi) is 4.77. The highest BCUT2D eigenvalue weighted by Crippen LogP contribution is 2.29. The van der Waals surface area contributed by atoms with Crippen molar-refractivity contribution in [3.63, 3.8) is 0 Å². The molecule has 0 radical (unpaired) electrons. The van der Waals surface area contributed by atoms with Gasteiger partial charge in [-0.1, -0.05) is 28.1 Å². The van der Waals surface area contributed by atoms with Gasteiger partial charge in [-0.3, -0.25) is 4.79 Å². The van der Waals surface area contributed by atoms with Crippen LogP contribution in [-0.4, -0.2) is 24.2 Å². The first-order valence-corrected chi connectivity index (χ1v) is 5.67. The zero-order valence-corrected chi connectivity index (χ0v) is 10.9. The molecule has 5 heteroatoms. The molecule has 1 aliphatic rings. The first kappa shape index (κ1) is 13.5. The van der Waals surface area contributed by atoms with Crippen LogP contribution in [0.3, 0.4) is 0 Å². The number of carboxylic acid groups (broad SMARTS) is 1. The Labute approximate surface area is 109 Å². The van der Waals surface area contributed by atoms with E-state index in [0.29, 0.717) is 6.54 Å². The monoisotopic (exact) mass is 305 g/mol. The van der Waals surface area contributed by atoms with Gasteiger partial charge in [-0.15, -0.1) is 12.4 Å². The number of hydrogen-bond acceptors (Lipinski definition) is 2. The van der Waals surface area contributed by atoms with Gasteiger partial charge in [-0.2, -0.15) is 0 Å². The molecule has 1 saturated heterocycles. The summed E-state index contributed by atoms with van der Waals surface area (Å²) in [6.07, 6.45) is 0. The third-order valence-electron chi connectivity index (χ3n) is 2.83. The van der Waals surface area contributed by atoms with Crippen molar-refractivity contribution in [3.05, 3.63) is 34.3 Å². The maximum absolute atomic E-state index is 11.0. The van der Waals surface area contributed by atoms with Crippen LogP contribution in [0.5, 0.6) is 0 Å². The van der Waals surface area contributed by atoms with E-state index in [2.05, 4.69) is 21.2 Å². The largest absolute Gasteiger partial charge is 0.481 e. The lowest BCUT2D eigenvalue weighted by Crippen LogP contribution is -2.20. The highest BCUT2D eigenvalue weighted by molar-refractivity contribution is 9.10. The Morgan fingerprint density at radius 1 is 1.31 bits per heavy atom. The number of halogens is 2. The van der Waals surface area contributed by atoms with E-state index >= 15 is 0 Å². The molecule has 1 heterocycles. The molecule has 0 amide bonds. The lowest BCUT2D eigenvalue weighted by atomic mass is 9.89. The van der Waals surface area contributed by atoms with Crippen LogP contribution in [0.2, 0.25) is 0 Å². The first-order chi connectivity index (χ1) is 7.18. The molecule has 0 aromatic heterocycles. The van der Waals surface area contributed by atoms with Crippen LogP contribution in [0, 0.1) is 5.92 Å². The Balaban J connectivity index is 0.00000128. The highest BCUT2D eigenvalue weighted by Gasteiger charge is 2.33. The van der Waals surface area contributed by atoms with Crippen molar-refractivity contribution in [2.45, 2.75) is 5.92 Å². The highest BCUT2D eigenvalue weighted by atomic mass is 79.9. The predicted octanol–water partition coefficient (Wildman–Crippen LogP) is 2.26. The average molecular weight is 307 g/mol. The minimum absolute atomic E-state index is 0. The van der Waals surface area contributed by atoms with Crippen LogP contribution in [0.25, 0.3) is 0 Å². The maximum Gasteiger partial charge on any atom is 0.308 e. The molecular formula is C11H13BrClNO2. The lowest BCUT2D eigenvalue weighted by Gasteiger charge is -2.14. The van der Waals surface area contributed by atoms with Crippen LogP contribution < -0.4 is 5.32 Å². The van der Waals surface area contributed by atoms with E-state index in [0.717, 1.165) is 16.6 Å². The summed E-state index contributed by atoms with van der Waals surface area (Å²) in [4.78, 5) is 11.0. The van der Waals surface area contributed by atoms with Crippen molar-refractivity contribution in [1.82, 2.24) is 5.32 Å². The van der Waals surface area contributed by atoms with Crippen LogP contribution in [-0.2, 0) is 4.79 Å². The maximum atomic E-state index is 11.0. The molecule has 0 saturated carbocycles. The van der Waals surface area contributed by atoms with E-state index in [1.807, 2.05) is 24.3 Å². The van der Waals surface area contributed by atoms with Gasteiger partial charge < -0.3 is 10.4 Å². The molecule has 16 heavy (non-hydrogen) atoms. The van der Waals surface area contributed by atoms with E-state index in [1.54, 1.807) is 0 Å².